The second-order valence-electron chi connectivity index (χ2n) is 6.42. The molecule has 2 rings (SSSR count). The normalized spacial score (nSPS) is 19.7. The van der Waals surface area contributed by atoms with Crippen LogP contribution < -0.4 is 16.8 Å². The molecule has 1 aromatic heterocycles. The topological polar surface area (TPSA) is 155 Å². The van der Waals surface area contributed by atoms with E-state index in [9.17, 15) is 19.2 Å². The summed E-state index contributed by atoms with van der Waals surface area (Å²) >= 11 is 0. The van der Waals surface area contributed by atoms with Gasteiger partial charge in [-0.2, -0.15) is 10.1 Å². The largest absolute Gasteiger partial charge is 0.466 e. The first-order chi connectivity index (χ1) is 13.8. The zero-order valence-corrected chi connectivity index (χ0v) is 16.4. The summed E-state index contributed by atoms with van der Waals surface area (Å²) in [6.07, 6.45) is 1.84. The highest BCUT2D eigenvalue weighted by Gasteiger charge is 2.43. The van der Waals surface area contributed by atoms with Gasteiger partial charge in [-0.1, -0.05) is 0 Å². The minimum absolute atomic E-state index is 0.00903. The molecule has 1 aromatic rings. The minimum Gasteiger partial charge on any atom is -0.466 e. The number of esters is 2. The van der Waals surface area contributed by atoms with Crippen LogP contribution in [-0.2, 0) is 30.4 Å². The molecule has 11 heteroatoms. The van der Waals surface area contributed by atoms with Crippen molar-refractivity contribution < 1.29 is 23.9 Å². The van der Waals surface area contributed by atoms with Crippen LogP contribution in [0.15, 0.2) is 22.2 Å². The number of rotatable bonds is 8. The molecule has 11 nitrogen and oxygen atoms in total. The summed E-state index contributed by atoms with van der Waals surface area (Å²) in [5.74, 6) is -2.67. The Morgan fingerprint density at radius 2 is 1.79 bits per heavy atom. The fourth-order valence-corrected chi connectivity index (χ4v) is 2.99. The Bertz CT molecular complexity index is 821. The molecule has 1 aliphatic rings. The van der Waals surface area contributed by atoms with Crippen LogP contribution in [0.4, 0.5) is 5.82 Å². The monoisotopic (exact) mass is 407 g/mol. The van der Waals surface area contributed by atoms with E-state index in [1.54, 1.807) is 13.8 Å². The number of amides is 1. The van der Waals surface area contributed by atoms with Gasteiger partial charge in [0, 0.05) is 37.7 Å². The zero-order valence-electron chi connectivity index (χ0n) is 16.4. The summed E-state index contributed by atoms with van der Waals surface area (Å²) in [6, 6.07) is 1.46. The third-order valence-corrected chi connectivity index (χ3v) is 4.39. The number of aromatic nitrogens is 2. The van der Waals surface area contributed by atoms with E-state index < -0.39 is 35.4 Å². The maximum Gasteiger partial charge on any atom is 0.349 e. The summed E-state index contributed by atoms with van der Waals surface area (Å²) in [5, 5.41) is 4.04. The van der Waals surface area contributed by atoms with Gasteiger partial charge in [0.1, 0.15) is 5.82 Å². The van der Waals surface area contributed by atoms with E-state index in [0.717, 1.165) is 0 Å². The van der Waals surface area contributed by atoms with Crippen molar-refractivity contribution in [2.75, 3.05) is 18.9 Å². The molecule has 29 heavy (non-hydrogen) atoms. The lowest BCUT2D eigenvalue weighted by Crippen LogP contribution is -2.28. The molecule has 1 fully saturated rings. The number of ether oxygens (including phenoxy) is 2. The molecule has 1 aliphatic carbocycles. The molecule has 0 spiro atoms. The lowest BCUT2D eigenvalue weighted by molar-refractivity contribution is -0.158. The van der Waals surface area contributed by atoms with Gasteiger partial charge in [0.05, 0.1) is 25.0 Å². The van der Waals surface area contributed by atoms with Crippen LogP contribution in [-0.4, -0.2) is 46.3 Å². The summed E-state index contributed by atoms with van der Waals surface area (Å²) in [4.78, 5) is 51.5. The highest BCUT2D eigenvalue weighted by Crippen LogP contribution is 2.32. The minimum atomic E-state index is -0.691. The lowest BCUT2D eigenvalue weighted by atomic mass is 9.96. The Kier molecular flexibility index (Phi) is 7.87. The number of hydrogen-bond acceptors (Lipinski definition) is 9. The number of carbonyl (C=O) groups excluding carboxylic acids is 3. The lowest BCUT2D eigenvalue weighted by Gasteiger charge is -2.15. The number of nitrogens with zero attached hydrogens (tertiary/aromatic N) is 3. The van der Waals surface area contributed by atoms with Crippen molar-refractivity contribution >= 4 is 29.4 Å². The second kappa shape index (κ2) is 10.3. The van der Waals surface area contributed by atoms with Crippen molar-refractivity contribution in [2.24, 2.45) is 16.9 Å². The van der Waals surface area contributed by atoms with Crippen LogP contribution in [0.2, 0.25) is 0 Å². The van der Waals surface area contributed by atoms with Gasteiger partial charge < -0.3 is 15.2 Å². The van der Waals surface area contributed by atoms with Crippen molar-refractivity contribution in [2.45, 2.75) is 39.7 Å². The van der Waals surface area contributed by atoms with Crippen LogP contribution in [0, 0.1) is 11.8 Å². The van der Waals surface area contributed by atoms with Gasteiger partial charge in [0.2, 0.25) is 5.91 Å². The van der Waals surface area contributed by atoms with Crippen molar-refractivity contribution in [3.8, 4) is 0 Å². The number of hydrogen-bond donors (Lipinski definition) is 2. The Morgan fingerprint density at radius 3 is 2.31 bits per heavy atom. The van der Waals surface area contributed by atoms with E-state index in [-0.39, 0.29) is 44.8 Å². The molecule has 158 valence electrons. The summed E-state index contributed by atoms with van der Waals surface area (Å²) in [7, 11) is 0. The molecule has 3 N–H and O–H groups in total. The molecule has 0 bridgehead atoms. The van der Waals surface area contributed by atoms with E-state index in [4.69, 9.17) is 15.2 Å². The number of carbonyl (C=O) groups is 3. The Morgan fingerprint density at radius 1 is 1.21 bits per heavy atom. The maximum atomic E-state index is 12.1. The van der Waals surface area contributed by atoms with Gasteiger partial charge in [-0.3, -0.25) is 19.0 Å². The second-order valence-corrected chi connectivity index (χ2v) is 6.42. The molecular weight excluding hydrogens is 382 g/mol. The number of anilines is 1. The molecule has 0 unspecified atom stereocenters. The van der Waals surface area contributed by atoms with Crippen LogP contribution >= 0.6 is 0 Å². The maximum absolute atomic E-state index is 12.1. The van der Waals surface area contributed by atoms with Gasteiger partial charge in [0.25, 0.3) is 0 Å². The molecule has 0 saturated heterocycles. The summed E-state index contributed by atoms with van der Waals surface area (Å²) < 4.78 is 11.3. The van der Waals surface area contributed by atoms with Crippen molar-refractivity contribution in [1.82, 2.24) is 15.0 Å². The summed E-state index contributed by atoms with van der Waals surface area (Å²) in [6.45, 7) is 3.88. The molecule has 0 aromatic carbocycles. The molecule has 0 radical (unpaired) electrons. The predicted octanol–water partition coefficient (Wildman–Crippen LogP) is -0.160. The summed E-state index contributed by atoms with van der Waals surface area (Å²) in [5.41, 5.74) is 7.76. The van der Waals surface area contributed by atoms with Crippen LogP contribution in [0.3, 0.4) is 0 Å². The Balaban J connectivity index is 1.96. The standard InChI is InChI=1S/C18H25N5O6/c1-3-28-16(25)12-9-11(10-13(12)17(26)29-4-2)21-22-15(24)6-8-23-7-5-14(19)20-18(23)27/h5,7,12-13H,3-4,6,8-10H2,1-2H3,(H,22,24)(H2,19,20,27)/t12-,13+. The van der Waals surface area contributed by atoms with Crippen molar-refractivity contribution in [3.05, 3.63) is 22.7 Å². The molecule has 1 amide bonds. The number of nitrogen functional groups attached to an aromatic ring is 1. The van der Waals surface area contributed by atoms with E-state index in [2.05, 4.69) is 15.5 Å². The van der Waals surface area contributed by atoms with E-state index >= 15 is 0 Å². The molecular formula is C18H25N5O6. The molecule has 1 heterocycles. The Labute approximate surface area is 167 Å². The first kappa shape index (κ1) is 22.1. The number of nitrogens with one attached hydrogen (secondary N) is 1. The average Bonchev–Trinajstić information content (AvgIpc) is 3.11. The fourth-order valence-electron chi connectivity index (χ4n) is 2.99. The third-order valence-electron chi connectivity index (χ3n) is 4.39. The van der Waals surface area contributed by atoms with E-state index in [1.165, 1.54) is 16.8 Å². The number of hydrazone groups is 1. The van der Waals surface area contributed by atoms with Crippen LogP contribution in [0.25, 0.3) is 0 Å². The number of aryl methyl sites for hydroxylation is 1. The van der Waals surface area contributed by atoms with Gasteiger partial charge in [-0.15, -0.1) is 0 Å². The fraction of sp³-hybridized carbons (Fsp3) is 0.556. The van der Waals surface area contributed by atoms with Crippen molar-refractivity contribution in [3.63, 3.8) is 0 Å². The first-order valence-electron chi connectivity index (χ1n) is 9.36. The highest BCUT2D eigenvalue weighted by molar-refractivity contribution is 5.98. The van der Waals surface area contributed by atoms with E-state index in [0.29, 0.717) is 5.71 Å². The SMILES string of the molecule is CCOC(=O)[C@H]1CC(=NNC(=O)CCn2ccc(N)nc2=O)C[C@H]1C(=O)OCC. The molecule has 0 aliphatic heterocycles. The first-order valence-corrected chi connectivity index (χ1v) is 9.36. The van der Waals surface area contributed by atoms with Crippen LogP contribution in [0.1, 0.15) is 33.1 Å². The molecule has 2 atom stereocenters. The predicted molar refractivity (Wildman–Crippen MR) is 103 cm³/mol. The quantitative estimate of drug-likeness (QED) is 0.445. The van der Waals surface area contributed by atoms with Gasteiger partial charge in [-0.05, 0) is 19.9 Å². The zero-order chi connectivity index (χ0) is 21.4. The average molecular weight is 407 g/mol. The molecule has 1 saturated carbocycles. The van der Waals surface area contributed by atoms with E-state index in [1.807, 2.05) is 0 Å². The van der Waals surface area contributed by atoms with Crippen molar-refractivity contribution in [1.29, 1.82) is 0 Å². The number of nitrogens with two attached hydrogens (primary N) is 1. The van der Waals surface area contributed by atoms with Gasteiger partial charge in [0.15, 0.2) is 0 Å². The Hall–Kier alpha value is -3.24. The highest BCUT2D eigenvalue weighted by atomic mass is 16.5. The smallest absolute Gasteiger partial charge is 0.349 e. The van der Waals surface area contributed by atoms with Crippen LogP contribution in [0.5, 0.6) is 0 Å². The van der Waals surface area contributed by atoms with Gasteiger partial charge >= 0.3 is 17.6 Å². The van der Waals surface area contributed by atoms with Gasteiger partial charge in [-0.25, -0.2) is 10.2 Å². The third kappa shape index (κ3) is 6.13.